The molecule has 3 heterocycles. The fourth-order valence-electron chi connectivity index (χ4n) is 13.1. The van der Waals surface area contributed by atoms with E-state index in [-0.39, 0.29) is 5.92 Å². The van der Waals surface area contributed by atoms with Gasteiger partial charge in [-0.25, -0.2) is 15.0 Å². The van der Waals surface area contributed by atoms with Crippen LogP contribution in [0.3, 0.4) is 0 Å². The monoisotopic (exact) mass is 900 g/mol. The number of hydrogen-bond acceptors (Lipinski definition) is 5. The number of benzene rings is 8. The summed E-state index contributed by atoms with van der Waals surface area (Å²) in [5, 5.41) is 2.32. The molecule has 8 aromatic carbocycles. The van der Waals surface area contributed by atoms with Crippen molar-refractivity contribution in [1.29, 1.82) is 0 Å². The summed E-state index contributed by atoms with van der Waals surface area (Å²) in [5.41, 5.74) is 17.3. The average molecular weight is 901 g/mol. The van der Waals surface area contributed by atoms with Gasteiger partial charge in [-0.1, -0.05) is 171 Å². The second-order valence-corrected chi connectivity index (χ2v) is 20.0. The number of furan rings is 1. The molecule has 0 N–H and O–H groups in total. The fourth-order valence-corrected chi connectivity index (χ4v) is 13.1. The lowest BCUT2D eigenvalue weighted by Gasteiger charge is -2.54. The molecule has 70 heavy (non-hydrogen) atoms. The molecule has 4 atom stereocenters. The molecular formula is C65H48N4O. The zero-order valence-electron chi connectivity index (χ0n) is 39.5. The number of aromatic nitrogens is 3. The molecule has 4 aliphatic rings. The Hall–Kier alpha value is -8.41. The maximum Gasteiger partial charge on any atom is 0.164 e. The minimum atomic E-state index is -0.779. The van der Waals surface area contributed by atoms with Crippen molar-refractivity contribution in [3.05, 3.63) is 252 Å². The standard InChI is InChI=1S/C65H48N4O/c1-40-35-54-65(4)58-51(69(54)48-29-18-9-19-30-48)33-34-53-56(58)55-49(31-20-32-52(55)70-53)64(3)50(62-67-60(43-25-14-7-15-26-43)66-61(68-62)44-27-16-8-17-28-44)39-63(2,57(40)59(64)65)47-37-45(41-21-10-5-11-22-41)36-46(38-47)42-23-12-6-13-24-42/h5-40H,1-4H3. The summed E-state index contributed by atoms with van der Waals surface area (Å²) >= 11 is 0. The first-order valence-electron chi connectivity index (χ1n) is 24.4. The van der Waals surface area contributed by atoms with Crippen LogP contribution in [0.1, 0.15) is 50.2 Å². The summed E-state index contributed by atoms with van der Waals surface area (Å²) in [6.45, 7) is 9.85. The van der Waals surface area contributed by atoms with Crippen molar-refractivity contribution in [2.75, 3.05) is 4.90 Å². The topological polar surface area (TPSA) is 55.1 Å². The lowest BCUT2D eigenvalue weighted by molar-refractivity contribution is 0.465. The average Bonchev–Trinajstić information content (AvgIpc) is 3.90. The van der Waals surface area contributed by atoms with Crippen LogP contribution in [0, 0.1) is 5.92 Å². The molecule has 0 bridgehead atoms. The van der Waals surface area contributed by atoms with Gasteiger partial charge in [-0.2, -0.15) is 0 Å². The minimum absolute atomic E-state index is 0.0197. The van der Waals surface area contributed by atoms with E-state index in [1.807, 2.05) is 12.1 Å². The van der Waals surface area contributed by atoms with Crippen LogP contribution in [0.4, 0.5) is 11.4 Å². The molecule has 334 valence electrons. The summed E-state index contributed by atoms with van der Waals surface area (Å²) in [6.07, 6.45) is 5.13. The van der Waals surface area contributed by atoms with Gasteiger partial charge in [0.2, 0.25) is 0 Å². The summed E-state index contributed by atoms with van der Waals surface area (Å²) in [4.78, 5) is 19.0. The molecule has 5 nitrogen and oxygen atoms in total. The molecule has 10 aromatic rings. The summed E-state index contributed by atoms with van der Waals surface area (Å²) < 4.78 is 6.95. The third kappa shape index (κ3) is 5.57. The van der Waals surface area contributed by atoms with Crippen molar-refractivity contribution in [3.63, 3.8) is 0 Å². The first kappa shape index (κ1) is 40.6. The molecule has 0 saturated carbocycles. The Balaban J connectivity index is 1.15. The Labute approximate surface area is 407 Å². The van der Waals surface area contributed by atoms with E-state index in [9.17, 15) is 0 Å². The lowest BCUT2D eigenvalue weighted by Crippen LogP contribution is -2.49. The van der Waals surface area contributed by atoms with E-state index >= 15 is 0 Å². The summed E-state index contributed by atoms with van der Waals surface area (Å²) in [7, 11) is 0. The minimum Gasteiger partial charge on any atom is -0.456 e. The van der Waals surface area contributed by atoms with E-state index in [1.54, 1.807) is 0 Å². The van der Waals surface area contributed by atoms with Crippen LogP contribution in [-0.4, -0.2) is 15.0 Å². The molecular weight excluding hydrogens is 853 g/mol. The van der Waals surface area contributed by atoms with Gasteiger partial charge in [-0.15, -0.1) is 0 Å². The van der Waals surface area contributed by atoms with Gasteiger partial charge in [0.15, 0.2) is 17.5 Å². The van der Waals surface area contributed by atoms with Crippen LogP contribution in [0.5, 0.6) is 0 Å². The predicted octanol–water partition coefficient (Wildman–Crippen LogP) is 16.0. The highest BCUT2D eigenvalue weighted by atomic mass is 16.3. The molecule has 1 aliphatic heterocycles. The van der Waals surface area contributed by atoms with E-state index in [0.717, 1.165) is 38.9 Å². The van der Waals surface area contributed by atoms with E-state index in [4.69, 9.17) is 19.4 Å². The second-order valence-electron chi connectivity index (χ2n) is 20.0. The number of para-hydroxylation sites is 1. The molecule has 0 fully saturated rings. The van der Waals surface area contributed by atoms with Crippen molar-refractivity contribution >= 4 is 38.9 Å². The molecule has 3 aliphatic carbocycles. The Morgan fingerprint density at radius 2 is 1.01 bits per heavy atom. The Bertz CT molecular complexity index is 3760. The predicted molar refractivity (Wildman–Crippen MR) is 285 cm³/mol. The highest BCUT2D eigenvalue weighted by molar-refractivity contribution is 6.16. The van der Waals surface area contributed by atoms with Crippen LogP contribution in [-0.2, 0) is 16.2 Å². The van der Waals surface area contributed by atoms with Gasteiger partial charge in [-0.3, -0.25) is 0 Å². The summed E-state index contributed by atoms with van der Waals surface area (Å²) in [6, 6.07) is 71.7. The number of allylic oxidation sites excluding steroid dienone is 5. The maximum absolute atomic E-state index is 6.95. The van der Waals surface area contributed by atoms with E-state index in [2.05, 4.69) is 233 Å². The number of hydrogen-bond donors (Lipinski definition) is 0. The van der Waals surface area contributed by atoms with Crippen LogP contribution in [0.25, 0.3) is 72.5 Å². The molecule has 4 unspecified atom stereocenters. The molecule has 0 radical (unpaired) electrons. The Morgan fingerprint density at radius 1 is 0.486 bits per heavy atom. The van der Waals surface area contributed by atoms with Gasteiger partial charge in [0.25, 0.3) is 0 Å². The first-order valence-corrected chi connectivity index (χ1v) is 24.4. The van der Waals surface area contributed by atoms with Gasteiger partial charge >= 0.3 is 0 Å². The van der Waals surface area contributed by atoms with Gasteiger partial charge in [0.05, 0.1) is 11.1 Å². The first-order chi connectivity index (χ1) is 34.2. The summed E-state index contributed by atoms with van der Waals surface area (Å²) in [5.74, 6) is 1.95. The van der Waals surface area contributed by atoms with Gasteiger partial charge < -0.3 is 9.32 Å². The van der Waals surface area contributed by atoms with Crippen molar-refractivity contribution in [3.8, 4) is 45.0 Å². The number of fused-ring (bicyclic) bond motifs is 1. The van der Waals surface area contributed by atoms with Gasteiger partial charge in [-0.05, 0) is 120 Å². The number of rotatable bonds is 7. The lowest BCUT2D eigenvalue weighted by atomic mass is 9.49. The van der Waals surface area contributed by atoms with Crippen molar-refractivity contribution < 1.29 is 4.42 Å². The van der Waals surface area contributed by atoms with Crippen LogP contribution in [0.15, 0.2) is 234 Å². The van der Waals surface area contributed by atoms with E-state index in [0.29, 0.717) is 17.5 Å². The largest absolute Gasteiger partial charge is 0.456 e. The fraction of sp³-hybridized carbons (Fsp3) is 0.123. The zero-order chi connectivity index (χ0) is 46.9. The molecule has 0 amide bonds. The highest BCUT2D eigenvalue weighted by Crippen LogP contribution is 2.71. The van der Waals surface area contributed by atoms with Crippen molar-refractivity contribution in [2.24, 2.45) is 5.92 Å². The van der Waals surface area contributed by atoms with Crippen LogP contribution >= 0.6 is 0 Å². The van der Waals surface area contributed by atoms with E-state index < -0.39 is 16.2 Å². The SMILES string of the molecule is CC1C=C2N(c3ccccc3)c3ccc4oc5cccc6c5c4c3C2(C)C2=C1C(C)(c1cc(-c3ccccc3)cc(-c3ccccc3)c1)C=C(c1nc(-c3ccccc3)nc(-c3ccccc3)n1)C26C. The third-order valence-corrected chi connectivity index (χ3v) is 16.0. The quantitative estimate of drug-likeness (QED) is 0.149. The maximum atomic E-state index is 6.95. The Kier molecular flexibility index (Phi) is 8.59. The molecule has 0 spiro atoms. The smallest absolute Gasteiger partial charge is 0.164 e. The Morgan fingerprint density at radius 3 is 1.60 bits per heavy atom. The van der Waals surface area contributed by atoms with Gasteiger partial charge in [0.1, 0.15) is 11.2 Å². The van der Waals surface area contributed by atoms with Crippen LogP contribution in [0.2, 0.25) is 0 Å². The molecule has 14 rings (SSSR count). The number of anilines is 2. The van der Waals surface area contributed by atoms with Gasteiger partial charge in [0, 0.05) is 55.3 Å². The van der Waals surface area contributed by atoms with Crippen molar-refractivity contribution in [1.82, 2.24) is 15.0 Å². The number of nitrogens with zero attached hydrogens (tertiary/aromatic N) is 4. The molecule has 5 heteroatoms. The molecule has 2 aromatic heterocycles. The van der Waals surface area contributed by atoms with E-state index in [1.165, 1.54) is 66.9 Å². The second kappa shape index (κ2) is 14.8. The normalized spacial score (nSPS) is 21.8. The van der Waals surface area contributed by atoms with Crippen molar-refractivity contribution in [2.45, 2.75) is 43.9 Å². The zero-order valence-corrected chi connectivity index (χ0v) is 39.5. The highest BCUT2D eigenvalue weighted by Gasteiger charge is 2.63. The third-order valence-electron chi connectivity index (χ3n) is 16.0. The molecule has 0 saturated heterocycles. The van der Waals surface area contributed by atoms with Crippen LogP contribution < -0.4 is 4.90 Å².